The number of carbonyl (C=O) groups excluding carboxylic acids is 1. The number of hydrogen-bond donors (Lipinski definition) is 0. The topological polar surface area (TPSA) is 44.1 Å². The van der Waals surface area contributed by atoms with E-state index in [1.54, 1.807) is 31.5 Å². The monoisotopic (exact) mass is 278 g/mol. The summed E-state index contributed by atoms with van der Waals surface area (Å²) in [7, 11) is 1.54. The predicted octanol–water partition coefficient (Wildman–Crippen LogP) is 2.99. The summed E-state index contributed by atoms with van der Waals surface area (Å²) in [6.07, 6.45) is 4.30. The van der Waals surface area contributed by atoms with Gasteiger partial charge in [-0.05, 0) is 18.2 Å². The highest BCUT2D eigenvalue weighted by Crippen LogP contribution is 2.25. The highest BCUT2D eigenvalue weighted by molar-refractivity contribution is 6.32. The smallest absolute Gasteiger partial charge is 0.182 e. The van der Waals surface area contributed by atoms with Crippen molar-refractivity contribution in [1.82, 2.24) is 9.55 Å². The lowest BCUT2D eigenvalue weighted by atomic mass is 10.1. The molecule has 0 aliphatic rings. The summed E-state index contributed by atoms with van der Waals surface area (Å²) in [6.45, 7) is 2.28. The maximum absolute atomic E-state index is 12.2. The number of rotatable bonds is 5. The van der Waals surface area contributed by atoms with Crippen LogP contribution in [0.2, 0.25) is 5.02 Å². The lowest BCUT2D eigenvalue weighted by molar-refractivity contribution is 0.0971. The standard InChI is InChI=1S/C14H15ClN2O2/c1-3-14-16-6-7-17(14)9-12(18)10-4-5-13(19-2)11(15)8-10/h4-8H,3,9H2,1-2H3. The van der Waals surface area contributed by atoms with E-state index in [2.05, 4.69) is 4.98 Å². The minimum atomic E-state index is -0.00254. The zero-order valence-corrected chi connectivity index (χ0v) is 11.6. The third-order valence-corrected chi connectivity index (χ3v) is 3.20. The lowest BCUT2D eigenvalue weighted by Crippen LogP contribution is -2.12. The van der Waals surface area contributed by atoms with Crippen molar-refractivity contribution >= 4 is 17.4 Å². The van der Waals surface area contributed by atoms with Crippen molar-refractivity contribution < 1.29 is 9.53 Å². The van der Waals surface area contributed by atoms with Gasteiger partial charge in [-0.2, -0.15) is 0 Å². The first kappa shape index (κ1) is 13.6. The van der Waals surface area contributed by atoms with Crippen LogP contribution in [0.5, 0.6) is 5.75 Å². The number of ketones is 1. The predicted molar refractivity (Wildman–Crippen MR) is 73.9 cm³/mol. The number of aromatic nitrogens is 2. The second kappa shape index (κ2) is 5.89. The Morgan fingerprint density at radius 1 is 1.47 bits per heavy atom. The molecule has 0 atom stereocenters. The summed E-state index contributed by atoms with van der Waals surface area (Å²) in [5.74, 6) is 1.46. The molecule has 0 aliphatic carbocycles. The van der Waals surface area contributed by atoms with Crippen LogP contribution in [-0.4, -0.2) is 22.4 Å². The normalized spacial score (nSPS) is 10.5. The summed E-state index contributed by atoms with van der Waals surface area (Å²) in [5, 5.41) is 0.440. The van der Waals surface area contributed by atoms with Crippen LogP contribution < -0.4 is 4.74 Å². The molecule has 0 saturated carbocycles. The minimum Gasteiger partial charge on any atom is -0.495 e. The van der Waals surface area contributed by atoms with Gasteiger partial charge in [-0.15, -0.1) is 0 Å². The molecule has 0 unspecified atom stereocenters. The summed E-state index contributed by atoms with van der Waals surface area (Å²) in [4.78, 5) is 16.4. The Morgan fingerprint density at radius 2 is 2.26 bits per heavy atom. The third kappa shape index (κ3) is 2.96. The van der Waals surface area contributed by atoms with Crippen molar-refractivity contribution in [3.05, 3.63) is 47.0 Å². The highest BCUT2D eigenvalue weighted by Gasteiger charge is 2.11. The van der Waals surface area contributed by atoms with Crippen LogP contribution in [0.25, 0.3) is 0 Å². The summed E-state index contributed by atoms with van der Waals surface area (Å²) >= 11 is 6.02. The zero-order valence-electron chi connectivity index (χ0n) is 10.9. The van der Waals surface area contributed by atoms with Crippen LogP contribution in [0.3, 0.4) is 0 Å². The molecule has 4 nitrogen and oxygen atoms in total. The Kier molecular flexibility index (Phi) is 4.22. The summed E-state index contributed by atoms with van der Waals surface area (Å²) in [5.41, 5.74) is 0.571. The van der Waals surface area contributed by atoms with Gasteiger partial charge in [0, 0.05) is 24.4 Å². The molecule has 0 N–H and O–H groups in total. The molecule has 0 saturated heterocycles. The maximum Gasteiger partial charge on any atom is 0.182 e. The number of nitrogens with zero attached hydrogens (tertiary/aromatic N) is 2. The molecule has 5 heteroatoms. The molecular weight excluding hydrogens is 264 g/mol. The van der Waals surface area contributed by atoms with Gasteiger partial charge in [-0.3, -0.25) is 4.79 Å². The lowest BCUT2D eigenvalue weighted by Gasteiger charge is -2.08. The Labute approximate surface area is 117 Å². The zero-order chi connectivity index (χ0) is 13.8. The van der Waals surface area contributed by atoms with E-state index in [0.717, 1.165) is 12.2 Å². The van der Waals surface area contributed by atoms with Crippen LogP contribution in [0.15, 0.2) is 30.6 Å². The first-order valence-corrected chi connectivity index (χ1v) is 6.40. The number of methoxy groups -OCH3 is 1. The molecular formula is C14H15ClN2O2. The van der Waals surface area contributed by atoms with Gasteiger partial charge >= 0.3 is 0 Å². The second-order valence-corrected chi connectivity index (χ2v) is 4.50. The van der Waals surface area contributed by atoms with Crippen molar-refractivity contribution in [2.75, 3.05) is 7.11 Å². The molecule has 1 heterocycles. The molecule has 2 rings (SSSR count). The Bertz CT molecular complexity index is 593. The molecule has 0 spiro atoms. The Morgan fingerprint density at radius 3 is 2.89 bits per heavy atom. The minimum absolute atomic E-state index is 0.00254. The van der Waals surface area contributed by atoms with Crippen molar-refractivity contribution in [3.8, 4) is 5.75 Å². The number of Topliss-reactive ketones (excluding diaryl/α,β-unsaturated/α-hetero) is 1. The van der Waals surface area contributed by atoms with E-state index in [9.17, 15) is 4.79 Å². The van der Waals surface area contributed by atoms with Crippen LogP contribution in [0, 0.1) is 0 Å². The third-order valence-electron chi connectivity index (χ3n) is 2.91. The van der Waals surface area contributed by atoms with E-state index >= 15 is 0 Å². The van der Waals surface area contributed by atoms with Gasteiger partial charge in [-0.25, -0.2) is 4.98 Å². The molecule has 1 aromatic carbocycles. The number of aryl methyl sites for hydroxylation is 1. The van der Waals surface area contributed by atoms with Gasteiger partial charge in [-0.1, -0.05) is 18.5 Å². The highest BCUT2D eigenvalue weighted by atomic mass is 35.5. The fraction of sp³-hybridized carbons (Fsp3) is 0.286. The molecule has 0 aliphatic heterocycles. The quantitative estimate of drug-likeness (QED) is 0.790. The largest absolute Gasteiger partial charge is 0.495 e. The average molecular weight is 279 g/mol. The molecule has 1 aromatic heterocycles. The number of carbonyl (C=O) groups is 1. The van der Waals surface area contributed by atoms with Crippen LogP contribution >= 0.6 is 11.6 Å². The van der Waals surface area contributed by atoms with Crippen molar-refractivity contribution in [2.45, 2.75) is 19.9 Å². The molecule has 100 valence electrons. The molecule has 2 aromatic rings. The molecule has 0 amide bonds. The fourth-order valence-corrected chi connectivity index (χ4v) is 2.14. The van der Waals surface area contributed by atoms with Crippen LogP contribution in [-0.2, 0) is 13.0 Å². The average Bonchev–Trinajstić information content (AvgIpc) is 2.85. The number of hydrogen-bond acceptors (Lipinski definition) is 3. The van der Waals surface area contributed by atoms with E-state index in [-0.39, 0.29) is 12.3 Å². The number of ether oxygens (including phenoxy) is 1. The van der Waals surface area contributed by atoms with Gasteiger partial charge in [0.05, 0.1) is 18.7 Å². The van der Waals surface area contributed by atoms with Crippen molar-refractivity contribution in [2.24, 2.45) is 0 Å². The van der Waals surface area contributed by atoms with Gasteiger partial charge in [0.1, 0.15) is 11.6 Å². The van der Waals surface area contributed by atoms with Gasteiger partial charge in [0.25, 0.3) is 0 Å². The van der Waals surface area contributed by atoms with E-state index in [1.165, 1.54) is 0 Å². The van der Waals surface area contributed by atoms with Crippen molar-refractivity contribution in [3.63, 3.8) is 0 Å². The first-order chi connectivity index (χ1) is 9.15. The van der Waals surface area contributed by atoms with Gasteiger partial charge in [0.15, 0.2) is 5.78 Å². The van der Waals surface area contributed by atoms with Crippen molar-refractivity contribution in [1.29, 1.82) is 0 Å². The Balaban J connectivity index is 2.18. The number of halogens is 1. The molecule has 19 heavy (non-hydrogen) atoms. The van der Waals surface area contributed by atoms with E-state index < -0.39 is 0 Å². The van der Waals surface area contributed by atoms with E-state index in [0.29, 0.717) is 16.3 Å². The van der Waals surface area contributed by atoms with E-state index in [4.69, 9.17) is 16.3 Å². The van der Waals surface area contributed by atoms with Gasteiger partial charge in [0.2, 0.25) is 0 Å². The number of imidazole rings is 1. The molecule has 0 bridgehead atoms. The second-order valence-electron chi connectivity index (χ2n) is 4.10. The fourth-order valence-electron chi connectivity index (χ4n) is 1.88. The van der Waals surface area contributed by atoms with Crippen LogP contribution in [0.1, 0.15) is 23.1 Å². The van der Waals surface area contributed by atoms with E-state index in [1.807, 2.05) is 17.7 Å². The SMILES string of the molecule is CCc1nccn1CC(=O)c1ccc(OC)c(Cl)c1. The summed E-state index contributed by atoms with van der Waals surface area (Å²) in [6, 6.07) is 5.05. The molecule has 0 radical (unpaired) electrons. The van der Waals surface area contributed by atoms with Gasteiger partial charge < -0.3 is 9.30 Å². The summed E-state index contributed by atoms with van der Waals surface area (Å²) < 4.78 is 6.91. The number of benzene rings is 1. The van der Waals surface area contributed by atoms with Crippen LogP contribution in [0.4, 0.5) is 0 Å². The molecule has 0 fully saturated rings. The Hall–Kier alpha value is -1.81. The maximum atomic E-state index is 12.2. The first-order valence-electron chi connectivity index (χ1n) is 6.02.